The number of carbonyl (C=O) groups is 1. The summed E-state index contributed by atoms with van der Waals surface area (Å²) < 4.78 is 4.78. The lowest BCUT2D eigenvalue weighted by Crippen LogP contribution is -2.53. The summed E-state index contributed by atoms with van der Waals surface area (Å²) in [6, 6.07) is 9.12. The lowest BCUT2D eigenvalue weighted by Gasteiger charge is -2.25. The predicted octanol–water partition coefficient (Wildman–Crippen LogP) is 2.11. The first-order valence-corrected chi connectivity index (χ1v) is 7.29. The summed E-state index contributed by atoms with van der Waals surface area (Å²) in [5, 5.41) is 22.4. The van der Waals surface area contributed by atoms with Crippen molar-refractivity contribution in [1.29, 1.82) is 0 Å². The zero-order valence-corrected chi connectivity index (χ0v) is 13.1. The molecule has 0 unspecified atom stereocenters. The van der Waals surface area contributed by atoms with Crippen LogP contribution < -0.4 is 0 Å². The molecule has 1 aromatic carbocycles. The molecule has 0 heterocycles. The number of nitrogens with zero attached hydrogens (tertiary/aromatic N) is 2. The molecule has 0 saturated carbocycles. The smallest absolute Gasteiger partial charge is 0.385 e. The van der Waals surface area contributed by atoms with Crippen LogP contribution in [0, 0.1) is 26.1 Å². The van der Waals surface area contributed by atoms with Gasteiger partial charge >= 0.3 is 11.5 Å². The molecular formula is C15H20N2O6. The van der Waals surface area contributed by atoms with E-state index >= 15 is 0 Å². The van der Waals surface area contributed by atoms with Gasteiger partial charge in [0.15, 0.2) is 0 Å². The van der Waals surface area contributed by atoms with Gasteiger partial charge in [0, 0.05) is 16.8 Å². The van der Waals surface area contributed by atoms with Crippen molar-refractivity contribution in [3.63, 3.8) is 0 Å². The van der Waals surface area contributed by atoms with Crippen molar-refractivity contribution in [3.05, 3.63) is 56.1 Å². The molecule has 23 heavy (non-hydrogen) atoms. The molecule has 0 aliphatic rings. The quantitative estimate of drug-likeness (QED) is 0.390. The van der Waals surface area contributed by atoms with E-state index in [0.29, 0.717) is 6.42 Å². The lowest BCUT2D eigenvalue weighted by molar-refractivity contribution is -0.579. The Labute approximate surface area is 133 Å². The van der Waals surface area contributed by atoms with Gasteiger partial charge in [-0.25, -0.2) is 4.79 Å². The first kappa shape index (κ1) is 18.5. The van der Waals surface area contributed by atoms with Gasteiger partial charge in [-0.1, -0.05) is 30.3 Å². The Kier molecular flexibility index (Phi) is 6.62. The molecule has 1 aromatic rings. The highest BCUT2D eigenvalue weighted by Crippen LogP contribution is 2.28. The van der Waals surface area contributed by atoms with Crippen molar-refractivity contribution in [1.82, 2.24) is 0 Å². The minimum Gasteiger partial charge on any atom is -0.461 e. The molecule has 8 nitrogen and oxygen atoms in total. The SMILES string of the molecule is CCOC(=O)[C@](C)([C@@H](CCc1ccccc1)C[N+](=O)[O-])[N+](=O)[O-]. The van der Waals surface area contributed by atoms with E-state index in [1.54, 1.807) is 0 Å². The van der Waals surface area contributed by atoms with Crippen LogP contribution in [0.1, 0.15) is 25.8 Å². The van der Waals surface area contributed by atoms with Gasteiger partial charge in [0.1, 0.15) is 5.92 Å². The molecule has 0 aromatic heterocycles. The summed E-state index contributed by atoms with van der Waals surface area (Å²) >= 11 is 0. The van der Waals surface area contributed by atoms with Crippen molar-refractivity contribution in [3.8, 4) is 0 Å². The van der Waals surface area contributed by atoms with Gasteiger partial charge < -0.3 is 4.74 Å². The number of aryl methyl sites for hydroxylation is 1. The molecule has 0 aliphatic heterocycles. The van der Waals surface area contributed by atoms with E-state index < -0.39 is 33.8 Å². The number of carbonyl (C=O) groups excluding carboxylic acids is 1. The van der Waals surface area contributed by atoms with Gasteiger partial charge in [0.2, 0.25) is 6.54 Å². The third-order valence-electron chi connectivity index (χ3n) is 3.86. The largest absolute Gasteiger partial charge is 0.461 e. The van der Waals surface area contributed by atoms with Gasteiger partial charge in [-0.15, -0.1) is 0 Å². The van der Waals surface area contributed by atoms with E-state index in [9.17, 15) is 25.0 Å². The van der Waals surface area contributed by atoms with Gasteiger partial charge in [0.05, 0.1) is 6.61 Å². The van der Waals surface area contributed by atoms with E-state index in [-0.39, 0.29) is 13.0 Å². The van der Waals surface area contributed by atoms with Crippen molar-refractivity contribution in [2.45, 2.75) is 32.2 Å². The number of nitro groups is 2. The number of benzene rings is 1. The van der Waals surface area contributed by atoms with Crippen molar-refractivity contribution >= 4 is 5.97 Å². The van der Waals surface area contributed by atoms with Gasteiger partial charge in [-0.2, -0.15) is 0 Å². The molecule has 1 rings (SSSR count). The molecule has 0 spiro atoms. The average Bonchev–Trinajstić information content (AvgIpc) is 2.51. The maximum Gasteiger partial charge on any atom is 0.385 e. The van der Waals surface area contributed by atoms with E-state index in [1.165, 1.54) is 6.92 Å². The van der Waals surface area contributed by atoms with Crippen LogP contribution in [0.5, 0.6) is 0 Å². The maximum absolute atomic E-state index is 12.1. The molecule has 2 atom stereocenters. The first-order valence-electron chi connectivity index (χ1n) is 7.29. The van der Waals surface area contributed by atoms with E-state index in [4.69, 9.17) is 4.74 Å². The molecule has 0 radical (unpaired) electrons. The fourth-order valence-electron chi connectivity index (χ4n) is 2.38. The normalized spacial score (nSPS) is 14.5. The average molecular weight is 324 g/mol. The number of hydrogen-bond donors (Lipinski definition) is 0. The summed E-state index contributed by atoms with van der Waals surface area (Å²) in [4.78, 5) is 33.0. The van der Waals surface area contributed by atoms with Gasteiger partial charge in [0.25, 0.3) is 0 Å². The van der Waals surface area contributed by atoms with Crippen LogP contribution in [-0.2, 0) is 16.0 Å². The number of hydrogen-bond acceptors (Lipinski definition) is 6. The predicted molar refractivity (Wildman–Crippen MR) is 82.1 cm³/mol. The van der Waals surface area contributed by atoms with Crippen LogP contribution in [0.25, 0.3) is 0 Å². The van der Waals surface area contributed by atoms with Crippen molar-refractivity contribution in [2.75, 3.05) is 13.2 Å². The Morgan fingerprint density at radius 2 is 1.87 bits per heavy atom. The fraction of sp³-hybridized carbons (Fsp3) is 0.533. The zero-order valence-electron chi connectivity index (χ0n) is 13.1. The molecule has 0 N–H and O–H groups in total. The Morgan fingerprint density at radius 3 is 2.35 bits per heavy atom. The summed E-state index contributed by atoms with van der Waals surface area (Å²) in [6.45, 7) is 1.95. The fourth-order valence-corrected chi connectivity index (χ4v) is 2.38. The van der Waals surface area contributed by atoms with E-state index in [2.05, 4.69) is 0 Å². The number of ether oxygens (including phenoxy) is 1. The minimum absolute atomic E-state index is 0.0217. The standard InChI is InChI=1S/C15H20N2O6/c1-3-23-14(18)15(2,17(21)22)13(11-16(19)20)10-9-12-7-5-4-6-8-12/h4-8,13H,3,9-11H2,1-2H3/t13-,15-/m0/s1. The first-order chi connectivity index (χ1) is 10.8. The van der Waals surface area contributed by atoms with Crippen LogP contribution in [-0.4, -0.2) is 34.5 Å². The second kappa shape index (κ2) is 8.21. The van der Waals surface area contributed by atoms with Crippen LogP contribution in [0.15, 0.2) is 30.3 Å². The summed E-state index contributed by atoms with van der Waals surface area (Å²) in [7, 11) is 0. The second-order valence-electron chi connectivity index (χ2n) is 5.36. The number of esters is 1. The Hall–Kier alpha value is -2.51. The third-order valence-corrected chi connectivity index (χ3v) is 3.86. The van der Waals surface area contributed by atoms with Crippen LogP contribution >= 0.6 is 0 Å². The lowest BCUT2D eigenvalue weighted by atomic mass is 9.82. The molecule has 0 amide bonds. The van der Waals surface area contributed by atoms with Crippen LogP contribution in [0.4, 0.5) is 0 Å². The molecule has 0 fully saturated rings. The molecular weight excluding hydrogens is 304 g/mol. The summed E-state index contributed by atoms with van der Waals surface area (Å²) in [5.41, 5.74) is -1.24. The molecule has 0 saturated heterocycles. The molecule has 0 bridgehead atoms. The van der Waals surface area contributed by atoms with E-state index in [0.717, 1.165) is 12.5 Å². The third kappa shape index (κ3) is 4.73. The van der Waals surface area contributed by atoms with E-state index in [1.807, 2.05) is 30.3 Å². The highest BCUT2D eigenvalue weighted by Gasteiger charge is 2.56. The highest BCUT2D eigenvalue weighted by atomic mass is 16.6. The Bertz CT molecular complexity index is 562. The maximum atomic E-state index is 12.1. The monoisotopic (exact) mass is 324 g/mol. The Balaban J connectivity index is 3.02. The Morgan fingerprint density at radius 1 is 1.26 bits per heavy atom. The summed E-state index contributed by atoms with van der Waals surface area (Å²) in [5.74, 6) is -2.10. The zero-order chi connectivity index (χ0) is 17.5. The number of rotatable bonds is 9. The topological polar surface area (TPSA) is 113 Å². The molecule has 126 valence electrons. The summed E-state index contributed by atoms with van der Waals surface area (Å²) in [6.07, 6.45) is 0.545. The molecule has 8 heteroatoms. The van der Waals surface area contributed by atoms with Crippen LogP contribution in [0.2, 0.25) is 0 Å². The highest BCUT2D eigenvalue weighted by molar-refractivity contribution is 5.79. The van der Waals surface area contributed by atoms with Crippen molar-refractivity contribution < 1.29 is 19.4 Å². The van der Waals surface area contributed by atoms with Crippen molar-refractivity contribution in [2.24, 2.45) is 5.92 Å². The van der Waals surface area contributed by atoms with Crippen LogP contribution in [0.3, 0.4) is 0 Å². The molecule has 0 aliphatic carbocycles. The van der Waals surface area contributed by atoms with Gasteiger partial charge in [-0.05, 0) is 25.3 Å². The minimum atomic E-state index is -2.14. The van der Waals surface area contributed by atoms with Gasteiger partial charge in [-0.3, -0.25) is 20.2 Å². The second-order valence-corrected chi connectivity index (χ2v) is 5.36.